The summed E-state index contributed by atoms with van der Waals surface area (Å²) in [6.45, 7) is -0.131. The van der Waals surface area contributed by atoms with Gasteiger partial charge in [-0.2, -0.15) is 0 Å². The molecule has 4 heterocycles. The van der Waals surface area contributed by atoms with Gasteiger partial charge in [0.05, 0.1) is 16.8 Å². The summed E-state index contributed by atoms with van der Waals surface area (Å²) in [6, 6.07) is 3.15. The number of nitrogens with zero attached hydrogens (tertiary/aromatic N) is 2. The Morgan fingerprint density at radius 2 is 2.03 bits per heavy atom. The molecule has 11 nitrogen and oxygen atoms in total. The van der Waals surface area contributed by atoms with Gasteiger partial charge in [0, 0.05) is 32.3 Å². The molecule has 0 bridgehead atoms. The van der Waals surface area contributed by atoms with Crippen molar-refractivity contribution in [2.24, 2.45) is 36.5 Å². The molecule has 3 fully saturated rings. The summed E-state index contributed by atoms with van der Waals surface area (Å²) < 4.78 is 1.40. The first-order valence-electron chi connectivity index (χ1n) is 12.4. The third-order valence-corrected chi connectivity index (χ3v) is 8.58. The molecule has 3 unspecified atom stereocenters. The zero-order valence-corrected chi connectivity index (χ0v) is 20.2. The van der Waals surface area contributed by atoms with Crippen LogP contribution < -0.4 is 16.6 Å². The number of pyridine rings is 1. The first-order chi connectivity index (χ1) is 17.2. The van der Waals surface area contributed by atoms with Crippen molar-refractivity contribution in [2.45, 2.75) is 37.6 Å². The van der Waals surface area contributed by atoms with Gasteiger partial charge in [0.15, 0.2) is 5.78 Å². The number of amides is 3. The second-order valence-electron chi connectivity index (χ2n) is 10.3. The van der Waals surface area contributed by atoms with Crippen molar-refractivity contribution in [3.8, 4) is 0 Å². The van der Waals surface area contributed by atoms with Crippen LogP contribution in [0.15, 0.2) is 23.1 Å². The summed E-state index contributed by atoms with van der Waals surface area (Å²) in [7, 11) is 1.61. The average Bonchev–Trinajstić information content (AvgIpc) is 3.63. The van der Waals surface area contributed by atoms with E-state index in [1.165, 1.54) is 15.5 Å². The summed E-state index contributed by atoms with van der Waals surface area (Å²) in [5.41, 5.74) is 4.73. The number of rotatable bonds is 7. The van der Waals surface area contributed by atoms with Crippen molar-refractivity contribution < 1.29 is 24.3 Å². The number of likely N-dealkylation sites (tertiary alicyclic amines) is 1. The number of Topliss-reactive ketones (excluding diaryl/α,β-unsaturated/α-hetero) is 1. The monoisotopic (exact) mass is 497 g/mol. The summed E-state index contributed by atoms with van der Waals surface area (Å²) in [5.74, 6) is -4.19. The Hall–Kier alpha value is -3.47. The average molecular weight is 498 g/mol. The number of aryl methyl sites for hydroxylation is 1. The van der Waals surface area contributed by atoms with E-state index < -0.39 is 41.6 Å². The van der Waals surface area contributed by atoms with E-state index in [4.69, 9.17) is 5.73 Å². The molecule has 5 atom stereocenters. The molecule has 0 aromatic carbocycles. The third-order valence-electron chi connectivity index (χ3n) is 8.58. The van der Waals surface area contributed by atoms with E-state index in [1.54, 1.807) is 19.3 Å². The van der Waals surface area contributed by atoms with E-state index in [2.05, 4.69) is 10.3 Å². The highest BCUT2D eigenvalue weighted by Gasteiger charge is 2.65. The van der Waals surface area contributed by atoms with Crippen molar-refractivity contribution in [1.82, 2.24) is 19.8 Å². The summed E-state index contributed by atoms with van der Waals surface area (Å²) in [6.07, 6.45) is 4.33. The molecule has 2 saturated heterocycles. The maximum absolute atomic E-state index is 14.0. The van der Waals surface area contributed by atoms with Gasteiger partial charge >= 0.3 is 0 Å². The first kappa shape index (κ1) is 24.2. The minimum atomic E-state index is -1.68. The smallest absolute Gasteiger partial charge is 0.271 e. The highest BCUT2D eigenvalue weighted by molar-refractivity contribution is 6.04. The molecule has 11 heteroatoms. The second kappa shape index (κ2) is 8.88. The highest BCUT2D eigenvalue weighted by Crippen LogP contribution is 2.53. The molecule has 2 aliphatic heterocycles. The molecule has 5 rings (SSSR count). The van der Waals surface area contributed by atoms with Crippen LogP contribution in [-0.4, -0.2) is 68.3 Å². The van der Waals surface area contributed by atoms with Gasteiger partial charge < -0.3 is 30.6 Å². The Labute approximate surface area is 207 Å². The molecule has 5 N–H and O–H groups in total. The van der Waals surface area contributed by atoms with E-state index in [1.807, 2.05) is 0 Å². The standard InChI is InChI=1S/C25H31N5O6/c1-29-8-6-18-15(22(29)34)10-19(28-18)23(35)30-11-14-3-2-4-16(14)25(30,24(26)36)17(20(32)12-31)9-13-5-7-27-21(13)33/h6,8,10,13-14,16-17,28,31H,2-5,7,9,11-12H2,1H3,(H2,26,36)(H,27,33)/t13-,14?,16?,17-,25?/m1/s1. The number of aromatic nitrogens is 2. The van der Waals surface area contributed by atoms with Gasteiger partial charge in [0.2, 0.25) is 11.8 Å². The number of hydrogen-bond acceptors (Lipinski definition) is 6. The van der Waals surface area contributed by atoms with Crippen LogP contribution in [0.1, 0.15) is 42.6 Å². The fourth-order valence-electron chi connectivity index (χ4n) is 6.91. The van der Waals surface area contributed by atoms with Crippen molar-refractivity contribution in [3.05, 3.63) is 34.4 Å². The lowest BCUT2D eigenvalue weighted by Crippen LogP contribution is -2.66. The maximum Gasteiger partial charge on any atom is 0.271 e. The molecule has 3 amide bonds. The van der Waals surface area contributed by atoms with E-state index in [0.29, 0.717) is 30.3 Å². The van der Waals surface area contributed by atoms with Gasteiger partial charge in [-0.05, 0) is 49.7 Å². The van der Waals surface area contributed by atoms with Crippen molar-refractivity contribution in [1.29, 1.82) is 0 Å². The number of fused-ring (bicyclic) bond motifs is 2. The lowest BCUT2D eigenvalue weighted by atomic mass is 9.67. The number of nitrogens with one attached hydrogen (secondary N) is 2. The zero-order valence-electron chi connectivity index (χ0n) is 20.2. The molecule has 192 valence electrons. The van der Waals surface area contributed by atoms with Gasteiger partial charge in [-0.3, -0.25) is 24.0 Å². The lowest BCUT2D eigenvalue weighted by molar-refractivity contribution is -0.144. The van der Waals surface area contributed by atoms with Gasteiger partial charge in [-0.15, -0.1) is 0 Å². The van der Waals surface area contributed by atoms with Gasteiger partial charge in [-0.25, -0.2) is 0 Å². The molecule has 2 aromatic rings. The molecular formula is C25H31N5O6. The van der Waals surface area contributed by atoms with Crippen LogP contribution in [0.3, 0.4) is 0 Å². The molecule has 3 aliphatic rings. The van der Waals surface area contributed by atoms with Crippen LogP contribution in [0.4, 0.5) is 0 Å². The van der Waals surface area contributed by atoms with Crippen LogP contribution in [0, 0.1) is 23.7 Å². The number of H-pyrrole nitrogens is 1. The van der Waals surface area contributed by atoms with E-state index in [9.17, 15) is 29.1 Å². The minimum Gasteiger partial charge on any atom is -0.389 e. The predicted octanol–water partition coefficient (Wildman–Crippen LogP) is -0.333. The van der Waals surface area contributed by atoms with Crippen LogP contribution in [0.5, 0.6) is 0 Å². The Balaban J connectivity index is 1.63. The van der Waals surface area contributed by atoms with Gasteiger partial charge in [-0.1, -0.05) is 6.42 Å². The number of aliphatic hydroxyl groups is 1. The number of carbonyl (C=O) groups is 4. The number of aromatic amines is 1. The summed E-state index contributed by atoms with van der Waals surface area (Å²) in [5, 5.41) is 13.0. The topological polar surface area (TPSA) is 168 Å². The molecular weight excluding hydrogens is 466 g/mol. The van der Waals surface area contributed by atoms with Crippen molar-refractivity contribution >= 4 is 34.4 Å². The molecule has 2 aromatic heterocycles. The highest BCUT2D eigenvalue weighted by atomic mass is 16.3. The molecule has 1 aliphatic carbocycles. The van der Waals surface area contributed by atoms with Crippen LogP contribution in [0.2, 0.25) is 0 Å². The Morgan fingerprint density at radius 1 is 1.25 bits per heavy atom. The summed E-state index contributed by atoms with van der Waals surface area (Å²) in [4.78, 5) is 70.0. The number of ketones is 1. The van der Waals surface area contributed by atoms with E-state index >= 15 is 0 Å². The van der Waals surface area contributed by atoms with E-state index in [0.717, 1.165) is 12.8 Å². The van der Waals surface area contributed by atoms with Crippen molar-refractivity contribution in [3.63, 3.8) is 0 Å². The summed E-state index contributed by atoms with van der Waals surface area (Å²) >= 11 is 0. The molecule has 1 saturated carbocycles. The van der Waals surface area contributed by atoms with Gasteiger partial charge in [0.25, 0.3) is 11.5 Å². The fraction of sp³-hybridized carbons (Fsp3) is 0.560. The Kier molecular flexibility index (Phi) is 5.98. The molecule has 36 heavy (non-hydrogen) atoms. The number of primary amides is 1. The quantitative estimate of drug-likeness (QED) is 0.408. The number of nitrogens with two attached hydrogens (primary N) is 1. The van der Waals surface area contributed by atoms with Crippen LogP contribution in [0.25, 0.3) is 10.9 Å². The maximum atomic E-state index is 14.0. The number of carbonyl (C=O) groups excluding carboxylic acids is 4. The fourth-order valence-corrected chi connectivity index (χ4v) is 6.91. The first-order valence-corrected chi connectivity index (χ1v) is 12.4. The zero-order chi connectivity index (χ0) is 25.8. The SMILES string of the molecule is Cn1ccc2[nH]c(C(=O)N3CC4CCCC4C3(C(N)=O)[C@H](C[C@H]3CCNC3=O)C(=O)CO)cc2c1=O. The number of hydrogen-bond donors (Lipinski definition) is 4. The molecule has 0 spiro atoms. The predicted molar refractivity (Wildman–Crippen MR) is 129 cm³/mol. The normalized spacial score (nSPS) is 28.3. The van der Waals surface area contributed by atoms with Gasteiger partial charge in [0.1, 0.15) is 17.8 Å². The largest absolute Gasteiger partial charge is 0.389 e. The van der Waals surface area contributed by atoms with Crippen LogP contribution in [-0.2, 0) is 21.4 Å². The lowest BCUT2D eigenvalue weighted by Gasteiger charge is -2.45. The molecule has 0 radical (unpaired) electrons. The Bertz CT molecular complexity index is 1310. The Morgan fingerprint density at radius 3 is 2.69 bits per heavy atom. The minimum absolute atomic E-state index is 0.0222. The number of aliphatic hydroxyl groups excluding tert-OH is 1. The third kappa shape index (κ3) is 3.47. The van der Waals surface area contributed by atoms with E-state index in [-0.39, 0.29) is 42.0 Å². The second-order valence-corrected chi connectivity index (χ2v) is 10.3. The van der Waals surface area contributed by atoms with Crippen LogP contribution >= 0.6 is 0 Å². The van der Waals surface area contributed by atoms with Crippen molar-refractivity contribution in [2.75, 3.05) is 19.7 Å².